The summed E-state index contributed by atoms with van der Waals surface area (Å²) < 4.78 is 8.94. The van der Waals surface area contributed by atoms with Gasteiger partial charge in [0.05, 0.1) is 11.0 Å². The first-order valence-corrected chi connectivity index (χ1v) is 19.4. The highest BCUT2D eigenvalue weighted by Crippen LogP contribution is 2.51. The quantitative estimate of drug-likeness (QED) is 0.169. The van der Waals surface area contributed by atoms with E-state index in [4.69, 9.17) is 4.42 Å². The number of rotatable bonds is 4. The maximum Gasteiger partial charge on any atom is 0.143 e. The van der Waals surface area contributed by atoms with Gasteiger partial charge in [-0.1, -0.05) is 123 Å². The Hall–Kier alpha value is -7.10. The number of aromatic nitrogens is 1. The van der Waals surface area contributed by atoms with Crippen molar-refractivity contribution in [2.24, 2.45) is 0 Å². The van der Waals surface area contributed by atoms with E-state index in [1.807, 2.05) is 6.07 Å². The number of fused-ring (bicyclic) bond motifs is 13. The maximum atomic E-state index is 6.56. The maximum absolute atomic E-state index is 6.56. The lowest BCUT2D eigenvalue weighted by atomic mass is 9.82. The zero-order chi connectivity index (χ0) is 37.1. The molecule has 9 aromatic carbocycles. The van der Waals surface area contributed by atoms with Crippen LogP contribution in [-0.2, 0) is 5.41 Å². The van der Waals surface area contributed by atoms with Crippen molar-refractivity contribution in [3.8, 4) is 16.8 Å². The third kappa shape index (κ3) is 4.34. The fourth-order valence-electron chi connectivity index (χ4n) is 9.69. The van der Waals surface area contributed by atoms with E-state index >= 15 is 0 Å². The Morgan fingerprint density at radius 3 is 1.84 bits per heavy atom. The van der Waals surface area contributed by atoms with Crippen LogP contribution in [0.15, 0.2) is 186 Å². The molecule has 2 aromatic heterocycles. The first kappa shape index (κ1) is 31.3. The van der Waals surface area contributed by atoms with E-state index in [-0.39, 0.29) is 5.41 Å². The number of para-hydroxylation sites is 3. The zero-order valence-corrected chi connectivity index (χ0v) is 31.1. The molecular weight excluding hydrogens is 681 g/mol. The number of nitrogens with zero attached hydrogens (tertiary/aromatic N) is 2. The summed E-state index contributed by atoms with van der Waals surface area (Å²) in [6.45, 7) is 4.71. The Morgan fingerprint density at radius 1 is 0.446 bits per heavy atom. The van der Waals surface area contributed by atoms with Crippen molar-refractivity contribution in [3.63, 3.8) is 0 Å². The Balaban J connectivity index is 1.05. The van der Waals surface area contributed by atoms with Gasteiger partial charge < -0.3 is 13.9 Å². The summed E-state index contributed by atoms with van der Waals surface area (Å²) in [6, 6.07) is 66.5. The first-order chi connectivity index (χ1) is 27.5. The van der Waals surface area contributed by atoms with E-state index in [1.165, 1.54) is 60.2 Å². The van der Waals surface area contributed by atoms with Crippen molar-refractivity contribution < 1.29 is 4.42 Å². The molecule has 0 atom stereocenters. The smallest absolute Gasteiger partial charge is 0.143 e. The lowest BCUT2D eigenvalue weighted by Crippen LogP contribution is -2.16. The van der Waals surface area contributed by atoms with Gasteiger partial charge in [0, 0.05) is 55.1 Å². The van der Waals surface area contributed by atoms with Crippen LogP contribution in [-0.4, -0.2) is 4.57 Å². The summed E-state index contributed by atoms with van der Waals surface area (Å²) in [5, 5.41) is 9.51. The number of anilines is 3. The van der Waals surface area contributed by atoms with Crippen LogP contribution in [0.2, 0.25) is 0 Å². The molecule has 11 aromatic rings. The number of furan rings is 1. The number of benzene rings is 9. The van der Waals surface area contributed by atoms with E-state index in [9.17, 15) is 0 Å². The SMILES string of the molecule is CC1(C)c2ccccc2-c2ccc(N(c3ccc(-n4c5ccccc5c5ccccc54)cc3)c3ccc4c(ccc5ccc6c7ccccc7oc6c54)c3)cc21. The average Bonchev–Trinajstić information content (AvgIpc) is 3.87. The van der Waals surface area contributed by atoms with Crippen LogP contribution in [0.3, 0.4) is 0 Å². The molecule has 0 unspecified atom stereocenters. The van der Waals surface area contributed by atoms with E-state index in [2.05, 4.69) is 199 Å². The van der Waals surface area contributed by atoms with Gasteiger partial charge in [-0.2, -0.15) is 0 Å². The molecule has 56 heavy (non-hydrogen) atoms. The van der Waals surface area contributed by atoms with Crippen LogP contribution < -0.4 is 4.90 Å². The van der Waals surface area contributed by atoms with Gasteiger partial charge in [0.1, 0.15) is 11.2 Å². The molecule has 0 amide bonds. The molecule has 2 heterocycles. The predicted molar refractivity (Wildman–Crippen MR) is 235 cm³/mol. The van der Waals surface area contributed by atoms with Crippen LogP contribution in [0.1, 0.15) is 25.0 Å². The molecule has 12 rings (SSSR count). The van der Waals surface area contributed by atoms with Gasteiger partial charge >= 0.3 is 0 Å². The van der Waals surface area contributed by atoms with Crippen LogP contribution in [0, 0.1) is 0 Å². The van der Waals surface area contributed by atoms with Crippen LogP contribution in [0.5, 0.6) is 0 Å². The van der Waals surface area contributed by atoms with Gasteiger partial charge in [0.25, 0.3) is 0 Å². The van der Waals surface area contributed by atoms with Gasteiger partial charge in [0.15, 0.2) is 0 Å². The lowest BCUT2D eigenvalue weighted by molar-refractivity contribution is 0.660. The minimum absolute atomic E-state index is 0.117. The minimum Gasteiger partial charge on any atom is -0.455 e. The highest BCUT2D eigenvalue weighted by molar-refractivity contribution is 6.23. The molecule has 0 saturated carbocycles. The lowest BCUT2D eigenvalue weighted by Gasteiger charge is -2.28. The van der Waals surface area contributed by atoms with Crippen LogP contribution in [0.25, 0.3) is 82.1 Å². The van der Waals surface area contributed by atoms with Crippen molar-refractivity contribution in [1.82, 2.24) is 4.57 Å². The zero-order valence-electron chi connectivity index (χ0n) is 31.1. The second-order valence-electron chi connectivity index (χ2n) is 15.7. The van der Waals surface area contributed by atoms with Gasteiger partial charge in [-0.15, -0.1) is 0 Å². The molecule has 0 spiro atoms. The standard InChI is InChI=1S/C53H36N2O/c1-53(2)46-15-7-3-11-40(46)41-30-27-38(32-47(41)53)54(35-22-24-36(25-23-35)55-48-16-8-4-12-42(48)43-13-5-9-17-49(43)55)37-26-29-39-34(31-37)20-19-33-21-28-45-44-14-6-10-18-50(44)56-52(45)51(33)39/h3-32H,1-2H3. The molecule has 0 radical (unpaired) electrons. The molecule has 0 N–H and O–H groups in total. The second kappa shape index (κ2) is 11.5. The molecule has 1 aliphatic rings. The Labute approximate surface area is 324 Å². The predicted octanol–water partition coefficient (Wildman–Crippen LogP) is 14.8. The summed E-state index contributed by atoms with van der Waals surface area (Å²) >= 11 is 0. The summed E-state index contributed by atoms with van der Waals surface area (Å²) in [5.41, 5.74) is 14.0. The van der Waals surface area contributed by atoms with E-state index in [1.54, 1.807) is 0 Å². The topological polar surface area (TPSA) is 21.3 Å². The van der Waals surface area contributed by atoms with Crippen LogP contribution in [0.4, 0.5) is 17.1 Å². The molecular formula is C53H36N2O. The highest BCUT2D eigenvalue weighted by Gasteiger charge is 2.35. The van der Waals surface area contributed by atoms with Crippen molar-refractivity contribution in [3.05, 3.63) is 193 Å². The summed E-state index contributed by atoms with van der Waals surface area (Å²) in [6.07, 6.45) is 0. The van der Waals surface area contributed by atoms with Crippen molar-refractivity contribution >= 4 is 82.4 Å². The normalized spacial score (nSPS) is 13.3. The highest BCUT2D eigenvalue weighted by atomic mass is 16.3. The number of hydrogen-bond acceptors (Lipinski definition) is 2. The fourth-order valence-corrected chi connectivity index (χ4v) is 9.69. The van der Waals surface area contributed by atoms with Gasteiger partial charge in [-0.05, 0) is 111 Å². The molecule has 264 valence electrons. The Bertz CT molecular complexity index is 3350. The first-order valence-electron chi connectivity index (χ1n) is 19.4. The monoisotopic (exact) mass is 716 g/mol. The molecule has 0 saturated heterocycles. The van der Waals surface area contributed by atoms with Gasteiger partial charge in [-0.25, -0.2) is 0 Å². The molecule has 1 aliphatic carbocycles. The largest absolute Gasteiger partial charge is 0.455 e. The third-order valence-corrected chi connectivity index (χ3v) is 12.4. The van der Waals surface area contributed by atoms with Crippen molar-refractivity contribution in [2.75, 3.05) is 4.90 Å². The van der Waals surface area contributed by atoms with E-state index in [0.717, 1.165) is 50.1 Å². The van der Waals surface area contributed by atoms with Gasteiger partial charge in [0.2, 0.25) is 0 Å². The van der Waals surface area contributed by atoms with Crippen molar-refractivity contribution in [2.45, 2.75) is 19.3 Å². The van der Waals surface area contributed by atoms with Crippen LogP contribution >= 0.6 is 0 Å². The van der Waals surface area contributed by atoms with Gasteiger partial charge in [-0.3, -0.25) is 0 Å². The molecule has 0 bridgehead atoms. The van der Waals surface area contributed by atoms with Crippen molar-refractivity contribution in [1.29, 1.82) is 0 Å². The number of hydrogen-bond donors (Lipinski definition) is 0. The summed E-state index contributed by atoms with van der Waals surface area (Å²) in [5.74, 6) is 0. The molecule has 0 aliphatic heterocycles. The third-order valence-electron chi connectivity index (χ3n) is 12.4. The Morgan fingerprint density at radius 2 is 1.04 bits per heavy atom. The molecule has 0 fully saturated rings. The summed E-state index contributed by atoms with van der Waals surface area (Å²) in [4.78, 5) is 2.42. The van der Waals surface area contributed by atoms with E-state index < -0.39 is 0 Å². The molecule has 3 nitrogen and oxygen atoms in total. The minimum atomic E-state index is -0.117. The fraction of sp³-hybridized carbons (Fsp3) is 0.0566. The second-order valence-corrected chi connectivity index (χ2v) is 15.7. The molecule has 3 heteroatoms. The average molecular weight is 717 g/mol. The van der Waals surface area contributed by atoms with E-state index in [0.29, 0.717) is 0 Å². The Kier molecular flexibility index (Phi) is 6.40. The summed E-state index contributed by atoms with van der Waals surface area (Å²) in [7, 11) is 0.